The molecule has 5 heteroatoms. The third-order valence-corrected chi connectivity index (χ3v) is 4.75. The molecule has 3 N–H and O–H groups in total. The molecule has 0 aliphatic heterocycles. The molecule has 3 rings (SSSR count). The van der Waals surface area contributed by atoms with Crippen LogP contribution in [0.4, 0.5) is 0 Å². The molecule has 0 aliphatic carbocycles. The van der Waals surface area contributed by atoms with E-state index in [1.54, 1.807) is 6.92 Å². The Morgan fingerprint density at radius 2 is 2.17 bits per heavy atom. The van der Waals surface area contributed by atoms with Crippen LogP contribution in [-0.2, 0) is 16.8 Å². The van der Waals surface area contributed by atoms with Crippen molar-refractivity contribution < 1.29 is 9.90 Å². The number of rotatable bonds is 6. The van der Waals surface area contributed by atoms with Crippen molar-refractivity contribution in [2.75, 3.05) is 6.54 Å². The van der Waals surface area contributed by atoms with Gasteiger partial charge in [0.25, 0.3) is 0 Å². The molecular weight excluding hydrogens is 308 g/mol. The van der Waals surface area contributed by atoms with E-state index in [1.807, 2.05) is 41.2 Å². The van der Waals surface area contributed by atoms with Gasteiger partial charge in [-0.2, -0.15) is 11.3 Å². The van der Waals surface area contributed by atoms with E-state index in [-0.39, 0.29) is 12.5 Å². The minimum absolute atomic E-state index is 0.0502. The second-order valence-electron chi connectivity index (χ2n) is 5.92. The molecule has 1 aromatic carbocycles. The average molecular weight is 328 g/mol. The van der Waals surface area contributed by atoms with E-state index in [2.05, 4.69) is 16.4 Å². The predicted octanol–water partition coefficient (Wildman–Crippen LogP) is 3.19. The van der Waals surface area contributed by atoms with Crippen LogP contribution in [0.15, 0.2) is 47.3 Å². The highest BCUT2D eigenvalue weighted by atomic mass is 32.1. The van der Waals surface area contributed by atoms with E-state index in [0.717, 1.165) is 22.0 Å². The van der Waals surface area contributed by atoms with Crippen LogP contribution in [0.25, 0.3) is 10.9 Å². The first-order valence-corrected chi connectivity index (χ1v) is 8.57. The van der Waals surface area contributed by atoms with E-state index < -0.39 is 5.60 Å². The number of benzene rings is 1. The Hall–Kier alpha value is -2.11. The molecule has 1 unspecified atom stereocenters. The first-order valence-electron chi connectivity index (χ1n) is 7.63. The molecule has 0 bridgehead atoms. The quantitative estimate of drug-likeness (QED) is 0.650. The first-order chi connectivity index (χ1) is 11.1. The minimum atomic E-state index is -1.03. The van der Waals surface area contributed by atoms with Crippen LogP contribution in [-0.4, -0.2) is 22.5 Å². The molecular formula is C18H20N2O2S. The number of aryl methyl sites for hydroxylation is 1. The maximum absolute atomic E-state index is 12.1. The van der Waals surface area contributed by atoms with Crippen molar-refractivity contribution >= 4 is 28.1 Å². The zero-order valence-electron chi connectivity index (χ0n) is 13.0. The summed E-state index contributed by atoms with van der Waals surface area (Å²) < 4.78 is 0. The zero-order valence-corrected chi connectivity index (χ0v) is 13.8. The van der Waals surface area contributed by atoms with Gasteiger partial charge in [-0.05, 0) is 47.4 Å². The molecule has 4 nitrogen and oxygen atoms in total. The molecule has 23 heavy (non-hydrogen) atoms. The second kappa shape index (κ2) is 6.56. The van der Waals surface area contributed by atoms with Gasteiger partial charge in [-0.3, -0.25) is 4.79 Å². The molecule has 0 saturated heterocycles. The fourth-order valence-corrected chi connectivity index (χ4v) is 3.40. The molecule has 0 saturated carbocycles. The van der Waals surface area contributed by atoms with E-state index in [4.69, 9.17) is 0 Å². The van der Waals surface area contributed by atoms with Gasteiger partial charge in [0.05, 0.1) is 6.54 Å². The summed E-state index contributed by atoms with van der Waals surface area (Å²) in [5.74, 6) is -0.0502. The SMILES string of the molecule is CC(O)(CNC(=O)CCc1c[nH]c2ccccc12)c1ccsc1. The van der Waals surface area contributed by atoms with Gasteiger partial charge in [-0.25, -0.2) is 0 Å². The van der Waals surface area contributed by atoms with Crippen molar-refractivity contribution in [1.29, 1.82) is 0 Å². The highest BCUT2D eigenvalue weighted by molar-refractivity contribution is 7.08. The van der Waals surface area contributed by atoms with Gasteiger partial charge in [-0.15, -0.1) is 0 Å². The number of carbonyl (C=O) groups excluding carboxylic acids is 1. The molecule has 0 radical (unpaired) electrons. The number of thiophene rings is 1. The summed E-state index contributed by atoms with van der Waals surface area (Å²) in [6.45, 7) is 1.94. The number of para-hydroxylation sites is 1. The number of nitrogens with one attached hydrogen (secondary N) is 2. The van der Waals surface area contributed by atoms with Gasteiger partial charge in [0.2, 0.25) is 5.91 Å². The zero-order chi connectivity index (χ0) is 16.3. The van der Waals surface area contributed by atoms with Gasteiger partial charge >= 0.3 is 0 Å². The molecule has 120 valence electrons. The second-order valence-corrected chi connectivity index (χ2v) is 6.70. The molecule has 1 amide bonds. The van der Waals surface area contributed by atoms with E-state index in [0.29, 0.717) is 12.8 Å². The largest absolute Gasteiger partial charge is 0.384 e. The summed E-state index contributed by atoms with van der Waals surface area (Å²) in [6, 6.07) is 9.94. The summed E-state index contributed by atoms with van der Waals surface area (Å²) in [5.41, 5.74) is 2.03. The maximum atomic E-state index is 12.1. The van der Waals surface area contributed by atoms with Crippen LogP contribution in [0.5, 0.6) is 0 Å². The topological polar surface area (TPSA) is 65.1 Å². The monoisotopic (exact) mass is 328 g/mol. The van der Waals surface area contributed by atoms with Gasteiger partial charge in [-0.1, -0.05) is 18.2 Å². The summed E-state index contributed by atoms with van der Waals surface area (Å²) in [4.78, 5) is 15.3. The van der Waals surface area contributed by atoms with E-state index >= 15 is 0 Å². The summed E-state index contributed by atoms with van der Waals surface area (Å²) in [7, 11) is 0. The van der Waals surface area contributed by atoms with Crippen LogP contribution < -0.4 is 5.32 Å². The van der Waals surface area contributed by atoms with Gasteiger partial charge < -0.3 is 15.4 Å². The molecule has 2 aromatic heterocycles. The lowest BCUT2D eigenvalue weighted by Crippen LogP contribution is -2.38. The number of amides is 1. The lowest BCUT2D eigenvalue weighted by molar-refractivity contribution is -0.122. The van der Waals surface area contributed by atoms with Gasteiger partial charge in [0.1, 0.15) is 5.60 Å². The first kappa shape index (κ1) is 15.8. The van der Waals surface area contributed by atoms with Crippen molar-refractivity contribution in [1.82, 2.24) is 10.3 Å². The van der Waals surface area contributed by atoms with Gasteiger partial charge in [0, 0.05) is 23.5 Å². The normalized spacial score (nSPS) is 13.8. The minimum Gasteiger partial charge on any atom is -0.384 e. The van der Waals surface area contributed by atoms with Crippen molar-refractivity contribution in [2.24, 2.45) is 0 Å². The average Bonchev–Trinajstić information content (AvgIpc) is 3.21. The number of aromatic nitrogens is 1. The number of carbonyl (C=O) groups is 1. The Bertz CT molecular complexity index is 790. The van der Waals surface area contributed by atoms with Crippen LogP contribution >= 0.6 is 11.3 Å². The Kier molecular flexibility index (Phi) is 4.50. The van der Waals surface area contributed by atoms with Gasteiger partial charge in [0.15, 0.2) is 0 Å². The van der Waals surface area contributed by atoms with Crippen molar-refractivity contribution in [3.05, 3.63) is 58.4 Å². The van der Waals surface area contributed by atoms with E-state index in [9.17, 15) is 9.90 Å². The van der Waals surface area contributed by atoms with Crippen LogP contribution in [0.2, 0.25) is 0 Å². The Balaban J connectivity index is 1.54. The lowest BCUT2D eigenvalue weighted by atomic mass is 9.99. The highest BCUT2D eigenvalue weighted by Gasteiger charge is 2.24. The standard InChI is InChI=1S/C18H20N2O2S/c1-18(22,14-8-9-23-11-14)12-20-17(21)7-6-13-10-19-16-5-3-2-4-15(13)16/h2-5,8-11,19,22H,6-7,12H2,1H3,(H,20,21). The summed E-state index contributed by atoms with van der Waals surface area (Å²) in [5, 5.41) is 18.2. The fourth-order valence-electron chi connectivity index (χ4n) is 2.62. The molecule has 0 aliphatic rings. The fraction of sp³-hybridized carbons (Fsp3) is 0.278. The predicted molar refractivity (Wildman–Crippen MR) is 93.5 cm³/mol. The number of hydrogen-bond donors (Lipinski definition) is 3. The summed E-state index contributed by atoms with van der Waals surface area (Å²) >= 11 is 1.53. The van der Waals surface area contributed by atoms with Crippen molar-refractivity contribution in [3.63, 3.8) is 0 Å². The highest BCUT2D eigenvalue weighted by Crippen LogP contribution is 2.22. The number of aliphatic hydroxyl groups is 1. The molecule has 1 atom stereocenters. The Morgan fingerprint density at radius 1 is 1.35 bits per heavy atom. The number of aromatic amines is 1. The Morgan fingerprint density at radius 3 is 2.96 bits per heavy atom. The van der Waals surface area contributed by atoms with Crippen LogP contribution in [0.3, 0.4) is 0 Å². The summed E-state index contributed by atoms with van der Waals surface area (Å²) in [6.07, 6.45) is 3.04. The number of hydrogen-bond acceptors (Lipinski definition) is 3. The Labute approximate surface area is 139 Å². The smallest absolute Gasteiger partial charge is 0.220 e. The molecule has 0 fully saturated rings. The lowest BCUT2D eigenvalue weighted by Gasteiger charge is -2.22. The third kappa shape index (κ3) is 3.63. The van der Waals surface area contributed by atoms with Crippen molar-refractivity contribution in [2.45, 2.75) is 25.4 Å². The molecule has 0 spiro atoms. The maximum Gasteiger partial charge on any atom is 0.220 e. The van der Waals surface area contributed by atoms with Crippen molar-refractivity contribution in [3.8, 4) is 0 Å². The number of H-pyrrole nitrogens is 1. The number of fused-ring (bicyclic) bond motifs is 1. The third-order valence-electron chi connectivity index (χ3n) is 4.07. The van der Waals surface area contributed by atoms with Crippen LogP contribution in [0, 0.1) is 0 Å². The molecule has 2 heterocycles. The molecule has 3 aromatic rings. The van der Waals surface area contributed by atoms with E-state index in [1.165, 1.54) is 11.3 Å². The van der Waals surface area contributed by atoms with Crippen LogP contribution in [0.1, 0.15) is 24.5 Å².